The molecule has 6 amide bonds. The Labute approximate surface area is 674 Å². The van der Waals surface area contributed by atoms with E-state index in [9.17, 15) is 37.2 Å². The average molecular weight is 1590 g/mol. The van der Waals surface area contributed by atoms with Crippen molar-refractivity contribution in [1.82, 2.24) is 61.4 Å². The number of hydrogen-bond donors (Lipinski definition) is 10. The second-order valence-electron chi connectivity index (χ2n) is 27.5. The van der Waals surface area contributed by atoms with E-state index in [0.717, 1.165) is 88.6 Å². The summed E-state index contributed by atoms with van der Waals surface area (Å²) >= 11 is 11.9. The maximum atomic E-state index is 12.5. The molecule has 0 aliphatic rings. The number of benzene rings is 9. The predicted octanol–water partition coefficient (Wildman–Crippen LogP) is 17.8. The fraction of sp³-hybridized carbons (Fsp3) is 0.144. The van der Waals surface area contributed by atoms with Gasteiger partial charge in [0.2, 0.25) is 0 Å². The van der Waals surface area contributed by atoms with Crippen molar-refractivity contribution >= 4 is 123 Å². The Bertz CT molecular complexity index is 6030. The molecule has 10 N–H and O–H groups in total. The second-order valence-corrected chi connectivity index (χ2v) is 30.4. The number of nitrogens with zero attached hydrogens (tertiary/aromatic N) is 4. The third-order valence-electron chi connectivity index (χ3n) is 18.8. The van der Waals surface area contributed by atoms with Crippen molar-refractivity contribution in [1.29, 1.82) is 10.5 Å². The summed E-state index contributed by atoms with van der Waals surface area (Å²) in [4.78, 5) is 95.0. The van der Waals surface area contributed by atoms with Crippen LogP contribution in [-0.2, 0) is 9.84 Å². The Morgan fingerprint density at radius 1 is 0.374 bits per heavy atom. The zero-order valence-electron chi connectivity index (χ0n) is 63.9. The molecular formula is C90H82Cl2N14O8S. The predicted molar refractivity (Wildman–Crippen MR) is 451 cm³/mol. The number of aromatic nitrogens is 6. The first-order valence-corrected chi connectivity index (χ1v) is 39.2. The van der Waals surface area contributed by atoms with E-state index < -0.39 is 9.84 Å². The molecule has 5 unspecified atom stereocenters. The van der Waals surface area contributed by atoms with Gasteiger partial charge in [0, 0.05) is 91.2 Å². The van der Waals surface area contributed by atoms with E-state index >= 15 is 0 Å². The number of aromatic amines is 5. The summed E-state index contributed by atoms with van der Waals surface area (Å²) in [5.41, 5.74) is 13.3. The van der Waals surface area contributed by atoms with Gasteiger partial charge in [-0.15, -0.1) is 0 Å². The van der Waals surface area contributed by atoms with Crippen molar-refractivity contribution in [3.63, 3.8) is 0 Å². The highest BCUT2D eigenvalue weighted by Crippen LogP contribution is 2.27. The van der Waals surface area contributed by atoms with Gasteiger partial charge >= 0.3 is 0 Å². The molecule has 0 spiro atoms. The van der Waals surface area contributed by atoms with Crippen LogP contribution in [0.25, 0.3) is 54.5 Å². The number of H-pyrrole nitrogens is 5. The second kappa shape index (κ2) is 37.5. The van der Waals surface area contributed by atoms with E-state index in [0.29, 0.717) is 55.2 Å². The van der Waals surface area contributed by atoms with Gasteiger partial charge in [0.15, 0.2) is 9.84 Å². The molecule has 0 fully saturated rings. The van der Waals surface area contributed by atoms with Crippen LogP contribution in [-0.4, -0.2) is 99.0 Å². The van der Waals surface area contributed by atoms with E-state index in [1.807, 2.05) is 180 Å². The van der Waals surface area contributed by atoms with E-state index in [1.165, 1.54) is 17.0 Å². The van der Waals surface area contributed by atoms with Crippen LogP contribution in [0.1, 0.15) is 167 Å². The van der Waals surface area contributed by atoms with Gasteiger partial charge < -0.3 is 56.4 Å². The highest BCUT2D eigenvalue weighted by Gasteiger charge is 2.21. The average Bonchev–Trinajstić information content (AvgIpc) is 1.73. The molecule has 9 aromatic carbocycles. The number of nitriles is 2. The van der Waals surface area contributed by atoms with Crippen LogP contribution in [0.5, 0.6) is 0 Å². The van der Waals surface area contributed by atoms with Crippen LogP contribution in [0.2, 0.25) is 10.0 Å². The fourth-order valence-electron chi connectivity index (χ4n) is 12.4. The summed E-state index contributed by atoms with van der Waals surface area (Å²) in [5.74, 6) is -0.926. The Balaban J connectivity index is 0.000000142. The molecule has 0 radical (unpaired) electrons. The van der Waals surface area contributed by atoms with E-state index in [2.05, 4.69) is 68.6 Å². The zero-order chi connectivity index (χ0) is 82.0. The monoisotopic (exact) mass is 1590 g/mol. The minimum Gasteiger partial charge on any atom is -0.351 e. The Kier molecular flexibility index (Phi) is 26.7. The van der Waals surface area contributed by atoms with Crippen molar-refractivity contribution in [3.8, 4) is 12.1 Å². The van der Waals surface area contributed by atoms with Crippen molar-refractivity contribution < 1.29 is 37.2 Å². The minimum atomic E-state index is -3.23. The number of carbonyl (C=O) groups excluding carboxylic acids is 6. The van der Waals surface area contributed by atoms with Crippen LogP contribution in [0, 0.1) is 22.7 Å². The van der Waals surface area contributed by atoms with Crippen LogP contribution in [0.4, 0.5) is 0 Å². The smallest absolute Gasteiger partial charge is 0.268 e. The third kappa shape index (κ3) is 21.6. The number of nitrogens with one attached hydrogen (secondary N) is 10. The first-order chi connectivity index (χ1) is 55.2. The molecule has 115 heavy (non-hydrogen) atoms. The lowest BCUT2D eigenvalue weighted by Crippen LogP contribution is -2.27. The van der Waals surface area contributed by atoms with E-state index in [-0.39, 0.29) is 70.5 Å². The number of halogens is 2. The number of pyridine rings is 1. The molecule has 0 bridgehead atoms. The van der Waals surface area contributed by atoms with E-state index in [1.54, 1.807) is 117 Å². The zero-order valence-corrected chi connectivity index (χ0v) is 66.3. The SMILES string of the molecule is CC(NC(=O)c1cc2cc(C#N)ccc2[nH]1)c1ccccc1.CC(NC(=O)c1cc2cc(Cl)ccc2[nH]1)c1ccc(C(=O)N(C)C)cc1.CC(NC(=O)c1cc2cc(Cl)ccc2[nH]1)c1ccc(S(C)(=O)=O)cc1.CC(NC(=O)c1cc2ccc(C#N)cc2[nH]1)c1ccccc1.CC(NC(=O)c1cc2ccncc2[nH]1)c1ccccc1. The van der Waals surface area contributed by atoms with Gasteiger partial charge in [0.05, 0.1) is 70.1 Å². The number of fused-ring (bicyclic) bond motifs is 5. The van der Waals surface area contributed by atoms with Gasteiger partial charge in [0.1, 0.15) is 28.5 Å². The summed E-state index contributed by atoms with van der Waals surface area (Å²) in [6.07, 6.45) is 4.59. The largest absolute Gasteiger partial charge is 0.351 e. The maximum Gasteiger partial charge on any atom is 0.268 e. The van der Waals surface area contributed by atoms with Gasteiger partial charge in [-0.25, -0.2) is 8.42 Å². The molecule has 0 aliphatic heterocycles. The first-order valence-electron chi connectivity index (χ1n) is 36.5. The molecule has 5 atom stereocenters. The molecule has 0 aliphatic carbocycles. The van der Waals surface area contributed by atoms with Gasteiger partial charge in [-0.05, 0) is 190 Å². The molecule has 0 saturated heterocycles. The molecule has 25 heteroatoms. The fourth-order valence-corrected chi connectivity index (χ4v) is 13.4. The number of hydrogen-bond acceptors (Lipinski definition) is 11. The van der Waals surface area contributed by atoms with Crippen LogP contribution in [0.15, 0.2) is 266 Å². The van der Waals surface area contributed by atoms with Crippen molar-refractivity contribution in [2.75, 3.05) is 20.4 Å². The van der Waals surface area contributed by atoms with E-state index in [4.69, 9.17) is 33.7 Å². The summed E-state index contributed by atoms with van der Waals surface area (Å²) in [6.45, 7) is 9.61. The molecular weight excluding hydrogens is 1510 g/mol. The lowest BCUT2D eigenvalue weighted by Gasteiger charge is -2.15. The van der Waals surface area contributed by atoms with Crippen molar-refractivity contribution in [3.05, 3.63) is 344 Å². The quantitative estimate of drug-likeness (QED) is 0.0408. The highest BCUT2D eigenvalue weighted by atomic mass is 35.5. The van der Waals surface area contributed by atoms with Crippen LogP contribution < -0.4 is 26.6 Å². The van der Waals surface area contributed by atoms with Crippen LogP contribution >= 0.6 is 23.2 Å². The lowest BCUT2D eigenvalue weighted by molar-refractivity contribution is 0.0825. The molecule has 15 aromatic rings. The highest BCUT2D eigenvalue weighted by molar-refractivity contribution is 7.90. The molecule has 0 saturated carbocycles. The molecule has 580 valence electrons. The normalized spacial score (nSPS) is 12.2. The molecule has 15 rings (SSSR count). The number of amides is 6. The standard InChI is InChI=1S/C20H20ClN3O2.C18H17ClN2O3S.2C18H15N3O.C16H15N3O/c1-12(13-4-6-14(7-5-13)20(26)24(2)3)22-19(25)18-11-15-10-16(21)8-9-17(15)23-18;1-11(12-3-6-15(7-4-12)25(2,23)24)20-18(22)17-10-13-9-14(19)5-8-16(13)21-17;1-12(14-5-3-2-4-6-14)20-18(22)17-10-15-9-13(11-19)7-8-16(15)21-17;1-12(14-5-3-2-4-6-14)20-18(22)17-10-15-8-7-13(11-19)9-16(15)21-17;1-11(12-5-3-2-4-6-12)18-16(20)14-9-13-7-8-17-10-15(13)19-14/h4-12,23H,1-3H3,(H,22,25);3-11,21H,1-2H3,(H,20,22);2*2-10,12,21H,1H3,(H,20,22);2-11,19H,1H3,(H,18,20). The molecule has 6 aromatic heterocycles. The maximum absolute atomic E-state index is 12.5. The summed E-state index contributed by atoms with van der Waals surface area (Å²) < 4.78 is 23.0. The number of rotatable bonds is 17. The van der Waals surface area contributed by atoms with Gasteiger partial charge in [-0.3, -0.25) is 33.8 Å². The number of sulfone groups is 1. The van der Waals surface area contributed by atoms with Crippen LogP contribution in [0.3, 0.4) is 0 Å². The van der Waals surface area contributed by atoms with Gasteiger partial charge in [-0.2, -0.15) is 10.5 Å². The Hall–Kier alpha value is -13.8. The Morgan fingerprint density at radius 2 is 0.696 bits per heavy atom. The molecule has 6 heterocycles. The summed E-state index contributed by atoms with van der Waals surface area (Å²) in [6, 6.07) is 79.0. The number of carbonyl (C=O) groups is 6. The molecule has 22 nitrogen and oxygen atoms in total. The third-order valence-corrected chi connectivity index (χ3v) is 20.4. The minimum absolute atomic E-state index is 0.0340. The topological polar surface area (TPSA) is 339 Å². The first kappa shape index (κ1) is 82.1. The van der Waals surface area contributed by atoms with Gasteiger partial charge in [-0.1, -0.05) is 145 Å². The summed E-state index contributed by atoms with van der Waals surface area (Å²) in [7, 11) is 0.197. The van der Waals surface area contributed by atoms with Crippen molar-refractivity contribution in [2.24, 2.45) is 0 Å². The summed E-state index contributed by atoms with van der Waals surface area (Å²) in [5, 5.41) is 38.4. The van der Waals surface area contributed by atoms with Gasteiger partial charge in [0.25, 0.3) is 35.4 Å². The lowest BCUT2D eigenvalue weighted by atomic mass is 10.1. The Morgan fingerprint density at radius 3 is 1.07 bits per heavy atom. The van der Waals surface area contributed by atoms with Crippen molar-refractivity contribution in [2.45, 2.75) is 69.7 Å².